The Bertz CT molecular complexity index is 728. The van der Waals surface area contributed by atoms with Crippen LogP contribution in [-0.4, -0.2) is 47.6 Å². The SMILES string of the molecule is CB(O)NOCc1ccc(-c2nc(NC(=O)[C@H](C)NBC=O)cs2)cn1. The number of thiazole rings is 1. The van der Waals surface area contributed by atoms with E-state index in [2.05, 4.69) is 25.9 Å². The summed E-state index contributed by atoms with van der Waals surface area (Å²) >= 11 is 1.38. The van der Waals surface area contributed by atoms with Crippen molar-refractivity contribution < 1.29 is 19.5 Å². The normalized spacial score (nSPS) is 11.7. The van der Waals surface area contributed by atoms with E-state index in [0.717, 1.165) is 10.6 Å². The van der Waals surface area contributed by atoms with Crippen LogP contribution in [0.1, 0.15) is 12.6 Å². The van der Waals surface area contributed by atoms with E-state index in [1.54, 1.807) is 31.4 Å². The van der Waals surface area contributed by atoms with E-state index in [9.17, 15) is 9.59 Å². The van der Waals surface area contributed by atoms with Crippen LogP contribution < -0.4 is 15.9 Å². The lowest BCUT2D eigenvalue weighted by atomic mass is 9.92. The molecular formula is C14H19B2N5O4S. The summed E-state index contributed by atoms with van der Waals surface area (Å²) in [6.45, 7) is 3.44. The van der Waals surface area contributed by atoms with Gasteiger partial charge in [0.1, 0.15) is 17.4 Å². The molecule has 9 nitrogen and oxygen atoms in total. The quantitative estimate of drug-likeness (QED) is 0.256. The molecule has 0 aliphatic rings. The van der Waals surface area contributed by atoms with Crippen LogP contribution >= 0.6 is 11.3 Å². The Kier molecular flexibility index (Phi) is 7.88. The maximum Gasteiger partial charge on any atom is 0.398 e. The standard InChI is InChI=1S/C14H19B2N5O4S/c1-9(20-15-8-22)13(23)18-12-7-26-14(19-12)10-3-4-11(17-5-10)6-25-21-16(2)24/h3-5,7-9,15,20-21,24H,6H2,1-2H3,(H,18,23)/t9-/m0/s1. The van der Waals surface area contributed by atoms with Gasteiger partial charge in [-0.25, -0.2) is 10.4 Å². The predicted octanol–water partition coefficient (Wildman–Crippen LogP) is -0.205. The molecule has 0 fully saturated rings. The lowest BCUT2D eigenvalue weighted by Gasteiger charge is -2.10. The van der Waals surface area contributed by atoms with Crippen molar-refractivity contribution >= 4 is 43.7 Å². The molecule has 0 saturated carbocycles. The molecule has 2 heterocycles. The van der Waals surface area contributed by atoms with E-state index in [1.807, 2.05) is 6.07 Å². The summed E-state index contributed by atoms with van der Waals surface area (Å²) in [7, 11) is -0.639. The van der Waals surface area contributed by atoms with Gasteiger partial charge in [-0.05, 0) is 25.9 Å². The van der Waals surface area contributed by atoms with Gasteiger partial charge in [-0.3, -0.25) is 9.78 Å². The summed E-state index contributed by atoms with van der Waals surface area (Å²) in [5.41, 5.74) is 1.51. The van der Waals surface area contributed by atoms with Gasteiger partial charge in [0, 0.05) is 17.1 Å². The highest BCUT2D eigenvalue weighted by Crippen LogP contribution is 2.25. The highest BCUT2D eigenvalue weighted by atomic mass is 32.1. The van der Waals surface area contributed by atoms with Gasteiger partial charge in [-0.15, -0.1) is 11.3 Å². The minimum absolute atomic E-state index is 0.116. The van der Waals surface area contributed by atoms with Gasteiger partial charge in [0.2, 0.25) is 5.91 Å². The van der Waals surface area contributed by atoms with Crippen molar-refractivity contribution in [2.24, 2.45) is 0 Å². The molecule has 4 N–H and O–H groups in total. The van der Waals surface area contributed by atoms with Crippen LogP contribution in [0.15, 0.2) is 23.7 Å². The molecule has 2 rings (SSSR count). The molecule has 1 atom stereocenters. The molecule has 1 amide bonds. The van der Waals surface area contributed by atoms with Crippen molar-refractivity contribution in [3.63, 3.8) is 0 Å². The first-order valence-corrected chi connectivity index (χ1v) is 8.81. The van der Waals surface area contributed by atoms with Gasteiger partial charge >= 0.3 is 7.05 Å². The minimum Gasteiger partial charge on any atom is -0.436 e. The molecule has 0 aliphatic heterocycles. The topological polar surface area (TPSA) is 125 Å². The zero-order valence-electron chi connectivity index (χ0n) is 14.4. The third-order valence-corrected chi connectivity index (χ3v) is 4.09. The summed E-state index contributed by atoms with van der Waals surface area (Å²) in [6.07, 6.45) is 2.37. The van der Waals surface area contributed by atoms with E-state index in [4.69, 9.17) is 9.86 Å². The zero-order chi connectivity index (χ0) is 18.9. The number of amides is 1. The van der Waals surface area contributed by atoms with Crippen LogP contribution in [0.5, 0.6) is 0 Å². The molecule has 0 bridgehead atoms. The largest absolute Gasteiger partial charge is 0.436 e. The minimum atomic E-state index is -0.755. The molecule has 26 heavy (non-hydrogen) atoms. The second kappa shape index (κ2) is 10.1. The number of anilines is 1. The van der Waals surface area contributed by atoms with Crippen molar-refractivity contribution in [3.05, 3.63) is 29.4 Å². The Morgan fingerprint density at radius 2 is 2.35 bits per heavy atom. The Hall–Kier alpha value is -2.11. The van der Waals surface area contributed by atoms with Crippen LogP contribution in [0.2, 0.25) is 6.82 Å². The number of rotatable bonds is 10. The molecule has 2 aromatic heterocycles. The molecule has 0 aromatic carbocycles. The number of pyridine rings is 1. The fourth-order valence-electron chi connectivity index (χ4n) is 1.89. The summed E-state index contributed by atoms with van der Waals surface area (Å²) in [5, 5.41) is 19.4. The first-order valence-electron chi connectivity index (χ1n) is 7.93. The average Bonchev–Trinajstić information content (AvgIpc) is 3.08. The lowest BCUT2D eigenvalue weighted by Crippen LogP contribution is -2.40. The van der Waals surface area contributed by atoms with E-state index in [0.29, 0.717) is 17.7 Å². The summed E-state index contributed by atoms with van der Waals surface area (Å²) < 4.78 is 0. The van der Waals surface area contributed by atoms with Gasteiger partial charge in [0.15, 0.2) is 0 Å². The van der Waals surface area contributed by atoms with E-state index < -0.39 is 13.1 Å². The van der Waals surface area contributed by atoms with Gasteiger partial charge in [0.05, 0.1) is 17.9 Å². The molecule has 0 unspecified atom stereocenters. The number of aromatic nitrogens is 2. The second-order valence-corrected chi connectivity index (χ2v) is 6.30. The fourth-order valence-corrected chi connectivity index (χ4v) is 2.63. The maximum atomic E-state index is 12.0. The molecule has 2 aromatic rings. The van der Waals surface area contributed by atoms with Gasteiger partial charge in [0.25, 0.3) is 7.41 Å². The highest BCUT2D eigenvalue weighted by molar-refractivity contribution is 7.13. The van der Waals surface area contributed by atoms with Crippen LogP contribution in [0.3, 0.4) is 0 Å². The molecule has 136 valence electrons. The maximum absolute atomic E-state index is 12.0. The van der Waals surface area contributed by atoms with Crippen LogP contribution in [0.25, 0.3) is 10.6 Å². The number of hydrogen-bond donors (Lipinski definition) is 4. The van der Waals surface area contributed by atoms with Crippen molar-refractivity contribution in [2.45, 2.75) is 26.4 Å². The average molecular weight is 375 g/mol. The van der Waals surface area contributed by atoms with Crippen molar-refractivity contribution in [2.75, 3.05) is 5.32 Å². The molecule has 0 spiro atoms. The molecule has 0 radical (unpaired) electrons. The van der Waals surface area contributed by atoms with Gasteiger partial charge in [-0.2, -0.15) is 0 Å². The van der Waals surface area contributed by atoms with E-state index in [-0.39, 0.29) is 19.9 Å². The van der Waals surface area contributed by atoms with Gasteiger partial charge < -0.3 is 25.2 Å². The van der Waals surface area contributed by atoms with Crippen molar-refractivity contribution in [1.82, 2.24) is 20.6 Å². The number of nitrogens with one attached hydrogen (secondary N) is 3. The lowest BCUT2D eigenvalue weighted by molar-refractivity contribution is -0.117. The number of carbonyl (C=O) groups is 2. The molecule has 12 heteroatoms. The molecule has 0 aliphatic carbocycles. The Balaban J connectivity index is 1.92. The fraction of sp³-hybridized carbons (Fsp3) is 0.286. The van der Waals surface area contributed by atoms with Crippen LogP contribution in [0.4, 0.5) is 5.82 Å². The highest BCUT2D eigenvalue weighted by Gasteiger charge is 2.14. The second-order valence-electron chi connectivity index (χ2n) is 5.44. The number of hydrogen-bond acceptors (Lipinski definition) is 9. The van der Waals surface area contributed by atoms with E-state index >= 15 is 0 Å². The first-order chi connectivity index (χ1) is 12.5. The number of nitrogens with zero attached hydrogens (tertiary/aromatic N) is 2. The van der Waals surface area contributed by atoms with Crippen LogP contribution in [0, 0.1) is 0 Å². The molecule has 0 saturated heterocycles. The molecular weight excluding hydrogens is 356 g/mol. The van der Waals surface area contributed by atoms with Crippen molar-refractivity contribution in [3.8, 4) is 10.6 Å². The van der Waals surface area contributed by atoms with Crippen LogP contribution in [-0.2, 0) is 21.0 Å². The smallest absolute Gasteiger partial charge is 0.398 e. The van der Waals surface area contributed by atoms with E-state index in [1.165, 1.54) is 11.3 Å². The first kappa shape index (κ1) is 20.2. The van der Waals surface area contributed by atoms with Gasteiger partial charge in [-0.1, -0.05) is 0 Å². The Labute approximate surface area is 155 Å². The third-order valence-electron chi connectivity index (χ3n) is 3.20. The van der Waals surface area contributed by atoms with Crippen molar-refractivity contribution in [1.29, 1.82) is 0 Å². The summed E-state index contributed by atoms with van der Waals surface area (Å²) in [5.74, 6) is 0.184. The summed E-state index contributed by atoms with van der Waals surface area (Å²) in [4.78, 5) is 36.0. The Morgan fingerprint density at radius 3 is 3.00 bits per heavy atom. The third kappa shape index (κ3) is 6.32. The predicted molar refractivity (Wildman–Crippen MR) is 102 cm³/mol. The monoisotopic (exact) mass is 375 g/mol. The zero-order valence-corrected chi connectivity index (χ0v) is 15.2. The number of carbonyl (C=O) groups excluding carboxylic acids is 2. The summed E-state index contributed by atoms with van der Waals surface area (Å²) in [6, 6.07) is 3.15. The Morgan fingerprint density at radius 1 is 1.54 bits per heavy atom.